The second kappa shape index (κ2) is 4.88. The van der Waals surface area contributed by atoms with Crippen LogP contribution in [0.4, 0.5) is 10.6 Å². The number of nitrogens with two attached hydrogens (primary N) is 1. The molecule has 1 aliphatic rings. The zero-order chi connectivity index (χ0) is 14.1. The van der Waals surface area contributed by atoms with Crippen molar-refractivity contribution in [3.63, 3.8) is 0 Å². The van der Waals surface area contributed by atoms with Crippen LogP contribution in [0.3, 0.4) is 0 Å². The van der Waals surface area contributed by atoms with Crippen LogP contribution in [-0.4, -0.2) is 29.5 Å². The highest BCUT2D eigenvalue weighted by molar-refractivity contribution is 5.79. The summed E-state index contributed by atoms with van der Waals surface area (Å²) in [5, 5.41) is 7.48. The van der Waals surface area contributed by atoms with Gasteiger partial charge in [-0.05, 0) is 12.5 Å². The van der Waals surface area contributed by atoms with Crippen molar-refractivity contribution in [2.75, 3.05) is 19.0 Å². The number of carbonyl (C=O) groups is 1. The van der Waals surface area contributed by atoms with Gasteiger partial charge in [-0.2, -0.15) is 9.78 Å². The summed E-state index contributed by atoms with van der Waals surface area (Å²) in [7, 11) is 1.65. The zero-order valence-corrected chi connectivity index (χ0v) is 11.2. The summed E-state index contributed by atoms with van der Waals surface area (Å²) in [6.07, 6.45) is 1.47. The first kappa shape index (κ1) is 12.5. The van der Waals surface area contributed by atoms with E-state index in [1.807, 2.05) is 24.3 Å². The van der Waals surface area contributed by atoms with Crippen LogP contribution in [-0.2, 0) is 12.8 Å². The summed E-state index contributed by atoms with van der Waals surface area (Å²) in [4.78, 5) is 11.4. The van der Waals surface area contributed by atoms with Crippen molar-refractivity contribution >= 4 is 11.8 Å². The zero-order valence-electron chi connectivity index (χ0n) is 11.2. The lowest BCUT2D eigenvalue weighted by molar-refractivity contribution is 0.248. The first-order chi connectivity index (χ1) is 9.70. The molecule has 0 spiro atoms. The van der Waals surface area contributed by atoms with Crippen molar-refractivity contribution in [1.82, 2.24) is 9.78 Å². The van der Waals surface area contributed by atoms with Gasteiger partial charge in [0.25, 0.3) is 0 Å². The third kappa shape index (κ3) is 1.99. The van der Waals surface area contributed by atoms with E-state index in [-0.39, 0.29) is 0 Å². The highest BCUT2D eigenvalue weighted by Crippen LogP contribution is 2.29. The molecule has 0 atom stereocenters. The first-order valence-electron chi connectivity index (χ1n) is 6.47. The van der Waals surface area contributed by atoms with Gasteiger partial charge in [0.15, 0.2) is 0 Å². The molecule has 104 valence electrons. The molecule has 0 saturated carbocycles. The average Bonchev–Trinajstić information content (AvgIpc) is 3.03. The highest BCUT2D eigenvalue weighted by atomic mass is 16.5. The van der Waals surface area contributed by atoms with Gasteiger partial charge in [0.05, 0.1) is 12.8 Å². The van der Waals surface area contributed by atoms with E-state index in [1.54, 1.807) is 7.11 Å². The minimum Gasteiger partial charge on any atom is -0.496 e. The molecule has 1 aliphatic heterocycles. The number of fused-ring (bicyclic) bond motifs is 1. The molecule has 6 nitrogen and oxygen atoms in total. The Hall–Kier alpha value is -2.50. The standard InChI is InChI=1S/C14H16N4O2/c1-20-12-5-3-2-4-9(12)8-11-10-6-7-16-13(10)18(17-11)14(15)19/h2-5,16H,6-8H2,1H3,(H2,15,19). The molecular weight excluding hydrogens is 256 g/mol. The van der Waals surface area contributed by atoms with E-state index in [2.05, 4.69) is 10.4 Å². The summed E-state index contributed by atoms with van der Waals surface area (Å²) in [5.74, 6) is 1.54. The van der Waals surface area contributed by atoms with Crippen molar-refractivity contribution in [2.45, 2.75) is 12.8 Å². The summed E-state index contributed by atoms with van der Waals surface area (Å²) in [6.45, 7) is 0.805. The SMILES string of the molecule is COc1ccccc1Cc1nn(C(N)=O)c2c1CCN2. The lowest BCUT2D eigenvalue weighted by Gasteiger charge is -2.07. The number of methoxy groups -OCH3 is 1. The number of rotatable bonds is 3. The largest absolute Gasteiger partial charge is 0.496 e. The fourth-order valence-corrected chi connectivity index (χ4v) is 2.58. The Balaban J connectivity index is 1.99. The van der Waals surface area contributed by atoms with Gasteiger partial charge in [-0.25, -0.2) is 4.79 Å². The molecule has 0 fully saturated rings. The third-order valence-corrected chi connectivity index (χ3v) is 3.49. The Morgan fingerprint density at radius 1 is 1.50 bits per heavy atom. The number of para-hydroxylation sites is 1. The fraction of sp³-hybridized carbons (Fsp3) is 0.286. The molecule has 1 aromatic heterocycles. The number of nitrogens with one attached hydrogen (secondary N) is 1. The molecule has 3 N–H and O–H groups in total. The number of nitrogens with zero attached hydrogens (tertiary/aromatic N) is 2. The molecule has 0 unspecified atom stereocenters. The van der Waals surface area contributed by atoms with E-state index in [0.29, 0.717) is 6.42 Å². The van der Waals surface area contributed by atoms with Crippen LogP contribution in [0, 0.1) is 0 Å². The predicted molar refractivity (Wildman–Crippen MR) is 75.2 cm³/mol. The van der Waals surface area contributed by atoms with Gasteiger partial charge in [-0.3, -0.25) is 0 Å². The van der Waals surface area contributed by atoms with Gasteiger partial charge in [0.2, 0.25) is 0 Å². The second-order valence-corrected chi connectivity index (χ2v) is 4.69. The highest BCUT2D eigenvalue weighted by Gasteiger charge is 2.24. The topological polar surface area (TPSA) is 82.2 Å². The number of aromatic nitrogens is 2. The van der Waals surface area contributed by atoms with E-state index in [4.69, 9.17) is 10.5 Å². The molecule has 3 rings (SSSR count). The average molecular weight is 272 g/mol. The molecular formula is C14H16N4O2. The molecule has 0 aliphatic carbocycles. The summed E-state index contributed by atoms with van der Waals surface area (Å²) in [5.41, 5.74) is 8.32. The smallest absolute Gasteiger partial charge is 0.341 e. The van der Waals surface area contributed by atoms with Crippen molar-refractivity contribution in [3.8, 4) is 5.75 Å². The molecule has 2 heterocycles. The van der Waals surface area contributed by atoms with E-state index in [0.717, 1.165) is 41.4 Å². The van der Waals surface area contributed by atoms with E-state index < -0.39 is 6.03 Å². The number of anilines is 1. The minimum atomic E-state index is -0.568. The van der Waals surface area contributed by atoms with Gasteiger partial charge in [0.1, 0.15) is 11.6 Å². The Labute approximate surface area is 116 Å². The third-order valence-electron chi connectivity index (χ3n) is 3.49. The maximum atomic E-state index is 11.4. The van der Waals surface area contributed by atoms with Gasteiger partial charge in [-0.1, -0.05) is 18.2 Å². The number of carbonyl (C=O) groups excluding carboxylic acids is 1. The summed E-state index contributed by atoms with van der Waals surface area (Å²) in [6, 6.07) is 7.23. The van der Waals surface area contributed by atoms with Crippen LogP contribution in [0.2, 0.25) is 0 Å². The number of hydrogen-bond donors (Lipinski definition) is 2. The van der Waals surface area contributed by atoms with Crippen LogP contribution in [0.1, 0.15) is 16.8 Å². The Morgan fingerprint density at radius 2 is 2.30 bits per heavy atom. The molecule has 0 radical (unpaired) electrons. The quantitative estimate of drug-likeness (QED) is 0.884. The van der Waals surface area contributed by atoms with Crippen molar-refractivity contribution < 1.29 is 9.53 Å². The summed E-state index contributed by atoms with van der Waals surface area (Å²) < 4.78 is 6.59. The first-order valence-corrected chi connectivity index (χ1v) is 6.47. The molecule has 1 aromatic carbocycles. The van der Waals surface area contributed by atoms with E-state index in [9.17, 15) is 4.79 Å². The van der Waals surface area contributed by atoms with Crippen LogP contribution in [0.25, 0.3) is 0 Å². The predicted octanol–water partition coefficient (Wildman–Crippen LogP) is 1.38. The number of primary amides is 1. The number of hydrogen-bond acceptors (Lipinski definition) is 4. The van der Waals surface area contributed by atoms with E-state index >= 15 is 0 Å². The number of ether oxygens (including phenoxy) is 1. The van der Waals surface area contributed by atoms with Gasteiger partial charge in [-0.15, -0.1) is 0 Å². The van der Waals surface area contributed by atoms with Crippen molar-refractivity contribution in [3.05, 3.63) is 41.1 Å². The Kier molecular flexibility index (Phi) is 3.06. The fourth-order valence-electron chi connectivity index (χ4n) is 2.58. The molecule has 2 aromatic rings. The van der Waals surface area contributed by atoms with Gasteiger partial charge in [0, 0.05) is 24.1 Å². The molecule has 0 bridgehead atoms. The maximum absolute atomic E-state index is 11.4. The van der Waals surface area contributed by atoms with Crippen LogP contribution in [0.15, 0.2) is 24.3 Å². The van der Waals surface area contributed by atoms with Gasteiger partial charge < -0.3 is 15.8 Å². The van der Waals surface area contributed by atoms with Crippen LogP contribution in [0.5, 0.6) is 5.75 Å². The van der Waals surface area contributed by atoms with Crippen molar-refractivity contribution in [1.29, 1.82) is 0 Å². The molecule has 0 saturated heterocycles. The molecule has 1 amide bonds. The second-order valence-electron chi connectivity index (χ2n) is 4.69. The van der Waals surface area contributed by atoms with Crippen molar-refractivity contribution in [2.24, 2.45) is 5.73 Å². The Bertz CT molecular complexity index is 663. The number of amides is 1. The van der Waals surface area contributed by atoms with Gasteiger partial charge >= 0.3 is 6.03 Å². The molecule has 6 heteroatoms. The lowest BCUT2D eigenvalue weighted by atomic mass is 10.0. The van der Waals surface area contributed by atoms with Crippen LogP contribution >= 0.6 is 0 Å². The Morgan fingerprint density at radius 3 is 3.05 bits per heavy atom. The maximum Gasteiger partial charge on any atom is 0.341 e. The monoisotopic (exact) mass is 272 g/mol. The summed E-state index contributed by atoms with van der Waals surface area (Å²) >= 11 is 0. The van der Waals surface area contributed by atoms with Crippen LogP contribution < -0.4 is 15.8 Å². The normalized spacial score (nSPS) is 12.8. The minimum absolute atomic E-state index is 0.568. The number of benzene rings is 1. The van der Waals surface area contributed by atoms with E-state index in [1.165, 1.54) is 4.68 Å². The molecule has 20 heavy (non-hydrogen) atoms. The lowest BCUT2D eigenvalue weighted by Crippen LogP contribution is -2.22.